The Kier molecular flexibility index (Phi) is 4.67. The van der Waals surface area contributed by atoms with E-state index in [1.165, 1.54) is 0 Å². The van der Waals surface area contributed by atoms with Crippen LogP contribution in [-0.2, 0) is 0 Å². The van der Waals surface area contributed by atoms with Crippen LogP contribution in [0.15, 0.2) is 40.9 Å². The van der Waals surface area contributed by atoms with Crippen LogP contribution in [0.25, 0.3) is 0 Å². The van der Waals surface area contributed by atoms with Crippen molar-refractivity contribution in [2.75, 3.05) is 11.9 Å². The highest BCUT2D eigenvalue weighted by atomic mass is 79.9. The van der Waals surface area contributed by atoms with Crippen molar-refractivity contribution >= 4 is 21.6 Å². The molecule has 0 spiro atoms. The molecule has 2 nitrogen and oxygen atoms in total. The molecule has 0 radical (unpaired) electrons. The highest BCUT2D eigenvalue weighted by Crippen LogP contribution is 2.22. The summed E-state index contributed by atoms with van der Waals surface area (Å²) in [7, 11) is 0. The molecule has 1 atom stereocenters. The molecule has 2 rings (SSSR count). The number of aliphatic hydroxyl groups excluding tert-OH is 1. The fraction of sp³-hybridized carbons (Fsp3) is 0.143. The van der Waals surface area contributed by atoms with E-state index in [4.69, 9.17) is 0 Å². The van der Waals surface area contributed by atoms with Crippen LogP contribution in [0.4, 0.5) is 18.9 Å². The molecule has 0 fully saturated rings. The first-order valence-electron chi connectivity index (χ1n) is 5.79. The summed E-state index contributed by atoms with van der Waals surface area (Å²) in [5.41, 5.74) is 0.134. The zero-order valence-corrected chi connectivity index (χ0v) is 11.8. The summed E-state index contributed by atoms with van der Waals surface area (Å²) in [6.07, 6.45) is -0.948. The first-order chi connectivity index (χ1) is 9.47. The standard InChI is InChI=1S/C14H11BrF3NO/c15-9-3-1-2-8(4-9)13(20)7-19-14-11(17)5-10(16)6-12(14)18/h1-6,13,19-20H,7H2. The van der Waals surface area contributed by atoms with Gasteiger partial charge in [-0.2, -0.15) is 0 Å². The molecule has 0 bridgehead atoms. The lowest BCUT2D eigenvalue weighted by atomic mass is 10.1. The molecule has 2 N–H and O–H groups in total. The van der Waals surface area contributed by atoms with Gasteiger partial charge in [0.25, 0.3) is 0 Å². The summed E-state index contributed by atoms with van der Waals surface area (Å²) in [4.78, 5) is 0. The minimum Gasteiger partial charge on any atom is -0.387 e. The van der Waals surface area contributed by atoms with Gasteiger partial charge in [-0.1, -0.05) is 28.1 Å². The lowest BCUT2D eigenvalue weighted by Gasteiger charge is -2.14. The highest BCUT2D eigenvalue weighted by molar-refractivity contribution is 9.10. The number of benzene rings is 2. The third kappa shape index (κ3) is 3.52. The van der Waals surface area contributed by atoms with Crippen molar-refractivity contribution in [1.82, 2.24) is 0 Å². The number of hydrogen-bond acceptors (Lipinski definition) is 2. The van der Waals surface area contributed by atoms with Crippen molar-refractivity contribution in [3.8, 4) is 0 Å². The lowest BCUT2D eigenvalue weighted by molar-refractivity contribution is 0.191. The first kappa shape index (κ1) is 14.9. The summed E-state index contributed by atoms with van der Waals surface area (Å²) in [5.74, 6) is -3.06. The fourth-order valence-electron chi connectivity index (χ4n) is 1.74. The second kappa shape index (κ2) is 6.28. The van der Waals surface area contributed by atoms with Gasteiger partial charge in [-0.05, 0) is 17.7 Å². The molecule has 6 heteroatoms. The van der Waals surface area contributed by atoms with Crippen molar-refractivity contribution in [2.45, 2.75) is 6.10 Å². The molecular formula is C14H11BrF3NO. The maximum Gasteiger partial charge on any atom is 0.152 e. The van der Waals surface area contributed by atoms with E-state index in [1.807, 2.05) is 0 Å². The molecule has 20 heavy (non-hydrogen) atoms. The molecule has 0 heterocycles. The number of nitrogens with one attached hydrogen (secondary N) is 1. The molecular weight excluding hydrogens is 335 g/mol. The minimum absolute atomic E-state index is 0.101. The minimum atomic E-state index is -1.04. The van der Waals surface area contributed by atoms with Crippen molar-refractivity contribution in [3.05, 3.63) is 63.9 Å². The molecule has 0 aliphatic heterocycles. The number of rotatable bonds is 4. The smallest absolute Gasteiger partial charge is 0.152 e. The van der Waals surface area contributed by atoms with Gasteiger partial charge in [-0.25, -0.2) is 13.2 Å². The van der Waals surface area contributed by atoms with Crippen LogP contribution in [-0.4, -0.2) is 11.7 Å². The predicted octanol–water partition coefficient (Wildman–Crippen LogP) is 4.01. The summed E-state index contributed by atoms with van der Waals surface area (Å²) >= 11 is 3.26. The zero-order chi connectivity index (χ0) is 14.7. The Morgan fingerprint density at radius 2 is 1.75 bits per heavy atom. The van der Waals surface area contributed by atoms with Gasteiger partial charge in [0, 0.05) is 23.2 Å². The summed E-state index contributed by atoms with van der Waals surface area (Å²) in [5, 5.41) is 12.4. The molecule has 0 saturated heterocycles. The monoisotopic (exact) mass is 345 g/mol. The largest absolute Gasteiger partial charge is 0.387 e. The first-order valence-corrected chi connectivity index (χ1v) is 6.58. The molecule has 0 amide bonds. The maximum absolute atomic E-state index is 13.4. The van der Waals surface area contributed by atoms with E-state index in [9.17, 15) is 18.3 Å². The summed E-state index contributed by atoms with van der Waals surface area (Å²) in [6.45, 7) is -0.101. The number of aliphatic hydroxyl groups is 1. The van der Waals surface area contributed by atoms with Crippen molar-refractivity contribution in [1.29, 1.82) is 0 Å². The van der Waals surface area contributed by atoms with Crippen molar-refractivity contribution in [3.63, 3.8) is 0 Å². The van der Waals surface area contributed by atoms with E-state index in [1.54, 1.807) is 24.3 Å². The van der Waals surface area contributed by atoms with Gasteiger partial charge in [0.2, 0.25) is 0 Å². The maximum atomic E-state index is 13.4. The van der Waals surface area contributed by atoms with Crippen LogP contribution in [0, 0.1) is 17.5 Å². The Balaban J connectivity index is 2.09. The Labute approximate surface area is 122 Å². The van der Waals surface area contributed by atoms with Gasteiger partial charge < -0.3 is 10.4 Å². The molecule has 2 aromatic rings. The predicted molar refractivity (Wildman–Crippen MR) is 73.9 cm³/mol. The van der Waals surface area contributed by atoms with E-state index >= 15 is 0 Å². The van der Waals surface area contributed by atoms with E-state index in [0.29, 0.717) is 17.7 Å². The third-order valence-electron chi connectivity index (χ3n) is 2.71. The second-order valence-corrected chi connectivity index (χ2v) is 5.11. The molecule has 1 unspecified atom stereocenters. The average molecular weight is 346 g/mol. The van der Waals surface area contributed by atoms with Crippen LogP contribution in [0.2, 0.25) is 0 Å². The van der Waals surface area contributed by atoms with Crippen LogP contribution >= 0.6 is 15.9 Å². The van der Waals surface area contributed by atoms with Crippen LogP contribution in [0.5, 0.6) is 0 Å². The number of anilines is 1. The molecule has 0 saturated carbocycles. The van der Waals surface area contributed by atoms with Gasteiger partial charge in [-0.3, -0.25) is 0 Å². The molecule has 0 aliphatic rings. The number of hydrogen-bond donors (Lipinski definition) is 2. The Bertz CT molecular complexity index is 598. The average Bonchev–Trinajstić information content (AvgIpc) is 2.37. The van der Waals surface area contributed by atoms with Crippen LogP contribution in [0.3, 0.4) is 0 Å². The van der Waals surface area contributed by atoms with E-state index in [2.05, 4.69) is 21.2 Å². The topological polar surface area (TPSA) is 32.3 Å². The zero-order valence-electron chi connectivity index (χ0n) is 10.2. The van der Waals surface area contributed by atoms with Crippen LogP contribution < -0.4 is 5.32 Å². The van der Waals surface area contributed by atoms with E-state index in [0.717, 1.165) is 4.47 Å². The lowest BCUT2D eigenvalue weighted by Crippen LogP contribution is -2.14. The molecule has 106 valence electrons. The van der Waals surface area contributed by atoms with Crippen molar-refractivity contribution in [2.24, 2.45) is 0 Å². The van der Waals surface area contributed by atoms with Gasteiger partial charge in [0.15, 0.2) is 11.6 Å². The molecule has 0 aromatic heterocycles. The highest BCUT2D eigenvalue weighted by Gasteiger charge is 2.14. The summed E-state index contributed by atoms with van der Waals surface area (Å²) in [6, 6.07) is 8.08. The Hall–Kier alpha value is -1.53. The Morgan fingerprint density at radius 1 is 1.10 bits per heavy atom. The van der Waals surface area contributed by atoms with Gasteiger partial charge >= 0.3 is 0 Å². The normalized spacial score (nSPS) is 12.2. The SMILES string of the molecule is OC(CNc1c(F)cc(F)cc1F)c1cccc(Br)c1. The van der Waals surface area contributed by atoms with Crippen molar-refractivity contribution < 1.29 is 18.3 Å². The fourth-order valence-corrected chi connectivity index (χ4v) is 2.16. The number of halogens is 4. The van der Waals surface area contributed by atoms with E-state index < -0.39 is 29.2 Å². The van der Waals surface area contributed by atoms with Gasteiger partial charge in [0.1, 0.15) is 11.5 Å². The molecule has 2 aromatic carbocycles. The second-order valence-electron chi connectivity index (χ2n) is 4.20. The van der Waals surface area contributed by atoms with E-state index in [-0.39, 0.29) is 6.54 Å². The summed E-state index contributed by atoms with van der Waals surface area (Å²) < 4.78 is 40.3. The van der Waals surface area contributed by atoms with Gasteiger partial charge in [0.05, 0.1) is 6.10 Å². The van der Waals surface area contributed by atoms with Gasteiger partial charge in [-0.15, -0.1) is 0 Å². The Morgan fingerprint density at radius 3 is 2.35 bits per heavy atom. The van der Waals surface area contributed by atoms with Crippen LogP contribution in [0.1, 0.15) is 11.7 Å². The molecule has 0 aliphatic carbocycles. The quantitative estimate of drug-likeness (QED) is 0.877. The third-order valence-corrected chi connectivity index (χ3v) is 3.21.